The minimum Gasteiger partial charge on any atom is -0.383 e. The zero-order valence-corrected chi connectivity index (χ0v) is 12.6. The van der Waals surface area contributed by atoms with Crippen LogP contribution in [-0.4, -0.2) is 33.9 Å². The number of hydrogen-bond donors (Lipinski definition) is 1. The molecule has 4 heteroatoms. The van der Waals surface area contributed by atoms with E-state index in [1.54, 1.807) is 7.11 Å². The summed E-state index contributed by atoms with van der Waals surface area (Å²) in [5, 5.41) is 4.21. The molecule has 1 aromatic carbocycles. The van der Waals surface area contributed by atoms with Crippen LogP contribution in [0.4, 0.5) is 11.4 Å². The van der Waals surface area contributed by atoms with Crippen molar-refractivity contribution in [3.63, 3.8) is 0 Å². The summed E-state index contributed by atoms with van der Waals surface area (Å²) in [6, 6.07) is 6.32. The van der Waals surface area contributed by atoms with E-state index < -0.39 is 0 Å². The molecule has 0 spiro atoms. The Balaban J connectivity index is 2.81. The number of anilines is 2. The fourth-order valence-electron chi connectivity index (χ4n) is 1.75. The van der Waals surface area contributed by atoms with E-state index in [0.717, 1.165) is 16.4 Å². The van der Waals surface area contributed by atoms with Crippen LogP contribution in [0.5, 0.6) is 0 Å². The normalized spacial score (nSPS) is 12.6. The van der Waals surface area contributed by atoms with Crippen LogP contribution in [-0.2, 0) is 4.74 Å². The van der Waals surface area contributed by atoms with Gasteiger partial charge in [-0.05, 0) is 24.1 Å². The Morgan fingerprint density at radius 2 is 2.00 bits per heavy atom. The van der Waals surface area contributed by atoms with Gasteiger partial charge >= 0.3 is 0 Å². The maximum atomic E-state index is 6.25. The van der Waals surface area contributed by atoms with E-state index in [4.69, 9.17) is 16.3 Å². The first-order valence-corrected chi connectivity index (χ1v) is 6.55. The number of rotatable bonds is 6. The Morgan fingerprint density at radius 3 is 2.44 bits per heavy atom. The molecule has 0 heterocycles. The van der Waals surface area contributed by atoms with Gasteiger partial charge in [0.05, 0.1) is 23.4 Å². The lowest BCUT2D eigenvalue weighted by molar-refractivity contribution is 0.171. The monoisotopic (exact) mass is 270 g/mol. The van der Waals surface area contributed by atoms with E-state index in [-0.39, 0.29) is 6.04 Å². The van der Waals surface area contributed by atoms with Crippen LogP contribution in [0.1, 0.15) is 13.8 Å². The SMILES string of the molecule is COCC(Nc1ccc(N(C)C)c(Cl)c1)C(C)C. The zero-order valence-electron chi connectivity index (χ0n) is 11.8. The molecule has 1 rings (SSSR count). The molecule has 1 unspecified atom stereocenters. The van der Waals surface area contributed by atoms with Crippen molar-refractivity contribution in [2.75, 3.05) is 38.0 Å². The van der Waals surface area contributed by atoms with Gasteiger partial charge in [-0.15, -0.1) is 0 Å². The minimum atomic E-state index is 0.288. The fourth-order valence-corrected chi connectivity index (χ4v) is 2.10. The quantitative estimate of drug-likeness (QED) is 0.856. The Labute approximate surface area is 115 Å². The molecule has 0 aliphatic carbocycles. The first-order chi connectivity index (χ1) is 8.45. The van der Waals surface area contributed by atoms with Crippen molar-refractivity contribution in [2.45, 2.75) is 19.9 Å². The van der Waals surface area contributed by atoms with Gasteiger partial charge in [-0.2, -0.15) is 0 Å². The van der Waals surface area contributed by atoms with Crippen LogP contribution in [0.15, 0.2) is 18.2 Å². The summed E-state index contributed by atoms with van der Waals surface area (Å²) in [7, 11) is 5.69. The van der Waals surface area contributed by atoms with Crippen LogP contribution in [0, 0.1) is 5.92 Å². The number of methoxy groups -OCH3 is 1. The molecule has 0 amide bonds. The maximum Gasteiger partial charge on any atom is 0.0666 e. The molecule has 1 atom stereocenters. The smallest absolute Gasteiger partial charge is 0.0666 e. The summed E-state index contributed by atoms with van der Waals surface area (Å²) in [4.78, 5) is 2.00. The highest BCUT2D eigenvalue weighted by atomic mass is 35.5. The lowest BCUT2D eigenvalue weighted by Gasteiger charge is -2.23. The van der Waals surface area contributed by atoms with Crippen molar-refractivity contribution in [1.29, 1.82) is 0 Å². The lowest BCUT2D eigenvalue weighted by atomic mass is 10.0. The minimum absolute atomic E-state index is 0.288. The van der Waals surface area contributed by atoms with Gasteiger partial charge in [0.1, 0.15) is 0 Å². The standard InChI is InChI=1S/C14H23ClN2O/c1-10(2)13(9-18-5)16-11-6-7-14(17(3)4)12(15)8-11/h6-8,10,13,16H,9H2,1-5H3. The third kappa shape index (κ3) is 4.07. The summed E-state index contributed by atoms with van der Waals surface area (Å²) < 4.78 is 5.23. The van der Waals surface area contributed by atoms with Crippen molar-refractivity contribution in [2.24, 2.45) is 5.92 Å². The van der Waals surface area contributed by atoms with Gasteiger partial charge in [-0.1, -0.05) is 25.4 Å². The molecule has 0 aromatic heterocycles. The van der Waals surface area contributed by atoms with Crippen LogP contribution >= 0.6 is 11.6 Å². The average molecular weight is 271 g/mol. The number of ether oxygens (including phenoxy) is 1. The molecule has 0 aliphatic rings. The van der Waals surface area contributed by atoms with Crippen molar-refractivity contribution < 1.29 is 4.74 Å². The molecule has 0 bridgehead atoms. The second-order valence-corrected chi connectivity index (χ2v) is 5.42. The summed E-state index contributed by atoms with van der Waals surface area (Å²) >= 11 is 6.25. The molecule has 3 nitrogen and oxygen atoms in total. The van der Waals surface area contributed by atoms with Gasteiger partial charge in [0.2, 0.25) is 0 Å². The van der Waals surface area contributed by atoms with Gasteiger partial charge in [0, 0.05) is 26.9 Å². The van der Waals surface area contributed by atoms with E-state index in [2.05, 4.69) is 19.2 Å². The largest absolute Gasteiger partial charge is 0.383 e. The third-order valence-corrected chi connectivity index (χ3v) is 3.24. The van der Waals surface area contributed by atoms with Gasteiger partial charge in [0.15, 0.2) is 0 Å². The fraction of sp³-hybridized carbons (Fsp3) is 0.571. The molecule has 0 fully saturated rings. The van der Waals surface area contributed by atoms with Gasteiger partial charge < -0.3 is 15.0 Å². The Bertz CT molecular complexity index is 380. The van der Waals surface area contributed by atoms with E-state index in [0.29, 0.717) is 12.5 Å². The number of nitrogens with zero attached hydrogens (tertiary/aromatic N) is 1. The van der Waals surface area contributed by atoms with Gasteiger partial charge in [-0.25, -0.2) is 0 Å². The van der Waals surface area contributed by atoms with Crippen molar-refractivity contribution in [3.8, 4) is 0 Å². The van der Waals surface area contributed by atoms with Crippen LogP contribution in [0.2, 0.25) is 5.02 Å². The molecule has 1 N–H and O–H groups in total. The van der Waals surface area contributed by atoms with Gasteiger partial charge in [-0.3, -0.25) is 0 Å². The highest BCUT2D eigenvalue weighted by Gasteiger charge is 2.13. The number of hydrogen-bond acceptors (Lipinski definition) is 3. The van der Waals surface area contributed by atoms with Crippen LogP contribution in [0.3, 0.4) is 0 Å². The topological polar surface area (TPSA) is 24.5 Å². The van der Waals surface area contributed by atoms with E-state index >= 15 is 0 Å². The molecule has 0 aliphatic heterocycles. The third-order valence-electron chi connectivity index (χ3n) is 2.93. The van der Waals surface area contributed by atoms with E-state index in [1.807, 2.05) is 37.2 Å². The summed E-state index contributed by atoms with van der Waals surface area (Å²) in [6.45, 7) is 5.03. The van der Waals surface area contributed by atoms with Crippen molar-refractivity contribution >= 4 is 23.0 Å². The number of halogens is 1. The summed E-state index contributed by atoms with van der Waals surface area (Å²) in [6.07, 6.45) is 0. The molecule has 102 valence electrons. The second-order valence-electron chi connectivity index (χ2n) is 5.01. The zero-order chi connectivity index (χ0) is 13.7. The summed E-state index contributed by atoms with van der Waals surface area (Å²) in [5.74, 6) is 0.497. The van der Waals surface area contributed by atoms with Crippen molar-refractivity contribution in [3.05, 3.63) is 23.2 Å². The predicted molar refractivity (Wildman–Crippen MR) is 79.9 cm³/mol. The number of nitrogens with one attached hydrogen (secondary N) is 1. The predicted octanol–water partition coefficient (Wildman–Crippen LogP) is 3.49. The lowest BCUT2D eigenvalue weighted by Crippen LogP contribution is -2.30. The Kier molecular flexibility index (Phi) is 5.76. The Morgan fingerprint density at radius 1 is 1.33 bits per heavy atom. The van der Waals surface area contributed by atoms with Crippen LogP contribution in [0.25, 0.3) is 0 Å². The first-order valence-electron chi connectivity index (χ1n) is 6.18. The summed E-state index contributed by atoms with van der Waals surface area (Å²) in [5.41, 5.74) is 2.05. The molecule has 1 aromatic rings. The van der Waals surface area contributed by atoms with Crippen LogP contribution < -0.4 is 10.2 Å². The number of benzene rings is 1. The molecule has 0 radical (unpaired) electrons. The molecular formula is C14H23ClN2O. The van der Waals surface area contributed by atoms with E-state index in [9.17, 15) is 0 Å². The second kappa shape index (κ2) is 6.86. The Hall–Kier alpha value is -0.930. The van der Waals surface area contributed by atoms with Gasteiger partial charge in [0.25, 0.3) is 0 Å². The molecule has 0 saturated carbocycles. The molecular weight excluding hydrogens is 248 g/mol. The van der Waals surface area contributed by atoms with Crippen molar-refractivity contribution in [1.82, 2.24) is 0 Å². The average Bonchev–Trinajstić information content (AvgIpc) is 2.27. The molecule has 18 heavy (non-hydrogen) atoms. The maximum absolute atomic E-state index is 6.25. The molecule has 0 saturated heterocycles. The first kappa shape index (κ1) is 15.1. The highest BCUT2D eigenvalue weighted by molar-refractivity contribution is 6.33. The van der Waals surface area contributed by atoms with E-state index in [1.165, 1.54) is 0 Å². The highest BCUT2D eigenvalue weighted by Crippen LogP contribution is 2.28.